The quantitative estimate of drug-likeness (QED) is 0.739. The number of hydrogen-bond acceptors (Lipinski definition) is 3. The Morgan fingerprint density at radius 3 is 2.53 bits per heavy atom. The average Bonchev–Trinajstić information content (AvgIpc) is 2.36. The molecule has 0 aromatic heterocycles. The predicted octanol–water partition coefficient (Wildman–Crippen LogP) is 0.733. The highest BCUT2D eigenvalue weighted by atomic mass is 32.2. The van der Waals surface area contributed by atoms with Crippen molar-refractivity contribution in [1.29, 1.82) is 0 Å². The maximum absolute atomic E-state index is 12.0. The molecule has 0 heterocycles. The van der Waals surface area contributed by atoms with Crippen LogP contribution in [0.4, 0.5) is 0 Å². The van der Waals surface area contributed by atoms with Crippen molar-refractivity contribution in [2.75, 3.05) is 20.1 Å². The molecule has 5 nitrogen and oxygen atoms in total. The fraction of sp³-hybridized carbons (Fsp3) is 0.538. The van der Waals surface area contributed by atoms with E-state index in [0.717, 1.165) is 5.56 Å². The van der Waals surface area contributed by atoms with E-state index in [1.807, 2.05) is 37.3 Å². The van der Waals surface area contributed by atoms with Gasteiger partial charge in [0.1, 0.15) is 0 Å². The molecular weight excluding hydrogens is 262 g/mol. The lowest BCUT2D eigenvalue weighted by molar-refractivity contribution is 0.444. The van der Waals surface area contributed by atoms with Crippen LogP contribution in [-0.2, 0) is 16.6 Å². The third kappa shape index (κ3) is 5.69. The summed E-state index contributed by atoms with van der Waals surface area (Å²) in [5.74, 6) is 0. The van der Waals surface area contributed by atoms with E-state index in [-0.39, 0.29) is 6.04 Å². The minimum absolute atomic E-state index is 0.146. The van der Waals surface area contributed by atoms with Crippen molar-refractivity contribution in [3.8, 4) is 0 Å². The van der Waals surface area contributed by atoms with E-state index in [0.29, 0.717) is 25.9 Å². The van der Waals surface area contributed by atoms with E-state index in [1.165, 1.54) is 4.31 Å². The van der Waals surface area contributed by atoms with Gasteiger partial charge in [0.2, 0.25) is 0 Å². The fourth-order valence-corrected chi connectivity index (χ4v) is 2.93. The topological polar surface area (TPSA) is 75.4 Å². The Morgan fingerprint density at radius 2 is 1.95 bits per heavy atom. The molecule has 0 amide bonds. The van der Waals surface area contributed by atoms with Gasteiger partial charge in [0, 0.05) is 19.6 Å². The molecule has 0 saturated carbocycles. The molecule has 1 aromatic carbocycles. The lowest BCUT2D eigenvalue weighted by atomic mass is 10.1. The lowest BCUT2D eigenvalue weighted by Crippen LogP contribution is -2.43. The molecule has 0 radical (unpaired) electrons. The second-order valence-electron chi connectivity index (χ2n) is 4.68. The van der Waals surface area contributed by atoms with Crippen LogP contribution >= 0.6 is 0 Å². The molecule has 1 rings (SSSR count). The van der Waals surface area contributed by atoms with Gasteiger partial charge in [-0.05, 0) is 31.9 Å². The smallest absolute Gasteiger partial charge is 0.279 e. The van der Waals surface area contributed by atoms with E-state index in [1.54, 1.807) is 7.05 Å². The summed E-state index contributed by atoms with van der Waals surface area (Å²) in [5, 5.41) is 0. The molecular formula is C13H23N3O2S. The predicted molar refractivity (Wildman–Crippen MR) is 78.0 cm³/mol. The molecule has 0 bridgehead atoms. The van der Waals surface area contributed by atoms with Crippen molar-refractivity contribution in [3.05, 3.63) is 35.9 Å². The van der Waals surface area contributed by atoms with E-state index in [2.05, 4.69) is 4.72 Å². The normalized spacial score (nSPS) is 13.7. The standard InChI is InChI=1S/C13H23N3O2S/c1-12(11-13-7-4-3-5-8-13)15-19(17,18)16(2)10-6-9-14/h3-5,7-8,12,15H,6,9-11,14H2,1-2H3. The SMILES string of the molecule is CC(Cc1ccccc1)NS(=O)(=O)N(C)CCCN. The molecule has 0 saturated heterocycles. The van der Waals surface area contributed by atoms with Crippen LogP contribution in [0, 0.1) is 0 Å². The molecule has 1 atom stereocenters. The van der Waals surface area contributed by atoms with Gasteiger partial charge in [-0.15, -0.1) is 0 Å². The first-order valence-corrected chi connectivity index (χ1v) is 7.87. The zero-order chi connectivity index (χ0) is 14.3. The molecule has 3 N–H and O–H groups in total. The van der Waals surface area contributed by atoms with E-state index >= 15 is 0 Å². The molecule has 1 aromatic rings. The van der Waals surface area contributed by atoms with Crippen LogP contribution in [0.15, 0.2) is 30.3 Å². The number of nitrogens with zero attached hydrogens (tertiary/aromatic N) is 1. The van der Waals surface area contributed by atoms with Gasteiger partial charge in [-0.3, -0.25) is 0 Å². The van der Waals surface area contributed by atoms with Gasteiger partial charge in [-0.1, -0.05) is 30.3 Å². The first kappa shape index (κ1) is 16.1. The number of nitrogens with one attached hydrogen (secondary N) is 1. The Balaban J connectivity index is 2.53. The second kappa shape index (κ2) is 7.59. The average molecular weight is 285 g/mol. The molecule has 0 fully saturated rings. The highest BCUT2D eigenvalue weighted by Crippen LogP contribution is 2.05. The van der Waals surface area contributed by atoms with Crippen molar-refractivity contribution in [2.24, 2.45) is 5.73 Å². The molecule has 0 aliphatic heterocycles. The minimum Gasteiger partial charge on any atom is -0.330 e. The van der Waals surface area contributed by atoms with Gasteiger partial charge in [0.05, 0.1) is 0 Å². The fourth-order valence-electron chi connectivity index (χ4n) is 1.79. The van der Waals surface area contributed by atoms with Gasteiger partial charge in [-0.25, -0.2) is 0 Å². The van der Waals surface area contributed by atoms with Crippen molar-refractivity contribution in [3.63, 3.8) is 0 Å². The van der Waals surface area contributed by atoms with Crippen LogP contribution in [-0.4, -0.2) is 38.9 Å². The van der Waals surface area contributed by atoms with Crippen LogP contribution in [0.25, 0.3) is 0 Å². The van der Waals surface area contributed by atoms with Gasteiger partial charge in [0.15, 0.2) is 0 Å². The summed E-state index contributed by atoms with van der Waals surface area (Å²) in [5.41, 5.74) is 6.49. The number of rotatable bonds is 8. The molecule has 6 heteroatoms. The molecule has 108 valence electrons. The van der Waals surface area contributed by atoms with Gasteiger partial charge in [-0.2, -0.15) is 17.4 Å². The van der Waals surface area contributed by atoms with Crippen LogP contribution < -0.4 is 10.5 Å². The van der Waals surface area contributed by atoms with E-state index in [9.17, 15) is 8.42 Å². The Bertz CT molecular complexity index is 462. The van der Waals surface area contributed by atoms with Crippen LogP contribution in [0.1, 0.15) is 18.9 Å². The number of nitrogens with two attached hydrogens (primary N) is 1. The largest absolute Gasteiger partial charge is 0.330 e. The van der Waals surface area contributed by atoms with Crippen LogP contribution in [0.2, 0.25) is 0 Å². The maximum Gasteiger partial charge on any atom is 0.279 e. The highest BCUT2D eigenvalue weighted by molar-refractivity contribution is 7.87. The summed E-state index contributed by atoms with van der Waals surface area (Å²) in [6.45, 7) is 2.78. The summed E-state index contributed by atoms with van der Waals surface area (Å²) < 4.78 is 28.0. The molecule has 1 unspecified atom stereocenters. The zero-order valence-electron chi connectivity index (χ0n) is 11.5. The summed E-state index contributed by atoms with van der Waals surface area (Å²) in [7, 11) is -1.86. The summed E-state index contributed by atoms with van der Waals surface area (Å²) in [4.78, 5) is 0. The van der Waals surface area contributed by atoms with Crippen molar-refractivity contribution < 1.29 is 8.42 Å². The van der Waals surface area contributed by atoms with Gasteiger partial charge in [0.25, 0.3) is 10.2 Å². The first-order chi connectivity index (χ1) is 8.95. The minimum atomic E-state index is -3.42. The second-order valence-corrected chi connectivity index (χ2v) is 6.49. The maximum atomic E-state index is 12.0. The summed E-state index contributed by atoms with van der Waals surface area (Å²) in [6.07, 6.45) is 1.33. The van der Waals surface area contributed by atoms with Crippen molar-refractivity contribution in [1.82, 2.24) is 9.03 Å². The molecule has 0 aliphatic rings. The number of hydrogen-bond donors (Lipinski definition) is 2. The van der Waals surface area contributed by atoms with Crippen LogP contribution in [0.3, 0.4) is 0 Å². The van der Waals surface area contributed by atoms with E-state index < -0.39 is 10.2 Å². The Morgan fingerprint density at radius 1 is 1.32 bits per heavy atom. The van der Waals surface area contributed by atoms with Crippen molar-refractivity contribution >= 4 is 10.2 Å². The van der Waals surface area contributed by atoms with Gasteiger partial charge >= 0.3 is 0 Å². The van der Waals surface area contributed by atoms with Gasteiger partial charge < -0.3 is 5.73 Å². The molecule has 0 aliphatic carbocycles. The Kier molecular flexibility index (Phi) is 6.44. The molecule has 0 spiro atoms. The molecule has 19 heavy (non-hydrogen) atoms. The third-order valence-corrected chi connectivity index (χ3v) is 4.53. The zero-order valence-corrected chi connectivity index (χ0v) is 12.4. The Hall–Kier alpha value is -0.950. The van der Waals surface area contributed by atoms with Crippen LogP contribution in [0.5, 0.6) is 0 Å². The lowest BCUT2D eigenvalue weighted by Gasteiger charge is -2.21. The van der Waals surface area contributed by atoms with Crippen molar-refractivity contribution in [2.45, 2.75) is 25.8 Å². The summed E-state index contributed by atoms with van der Waals surface area (Å²) >= 11 is 0. The Labute approximate surface area is 116 Å². The highest BCUT2D eigenvalue weighted by Gasteiger charge is 2.19. The monoisotopic (exact) mass is 285 g/mol. The number of benzene rings is 1. The third-order valence-electron chi connectivity index (χ3n) is 2.82. The first-order valence-electron chi connectivity index (χ1n) is 6.43. The van der Waals surface area contributed by atoms with E-state index in [4.69, 9.17) is 5.73 Å². The summed E-state index contributed by atoms with van der Waals surface area (Å²) in [6, 6.07) is 9.67.